The number of carbonyl (C=O) groups excluding carboxylic acids is 1. The molecule has 2 aromatic carbocycles. The van der Waals surface area contributed by atoms with Crippen molar-refractivity contribution in [3.8, 4) is 0 Å². The molecule has 92 valence electrons. The first-order valence-electron chi connectivity index (χ1n) is 6.42. The molecule has 0 amide bonds. The summed E-state index contributed by atoms with van der Waals surface area (Å²) in [6, 6.07) is 12.5. The molecule has 3 rings (SSSR count). The molecule has 0 radical (unpaired) electrons. The standard InChI is InChI=1S/C16H16O2/c1-2-18-10-15(17)14-9-12-7-3-5-11-6-4-8-13(14)16(11)12/h3-8,14H,2,9-10H2,1H3. The number of hydrogen-bond donors (Lipinski definition) is 0. The van der Waals surface area contributed by atoms with Crippen molar-refractivity contribution in [2.75, 3.05) is 13.2 Å². The summed E-state index contributed by atoms with van der Waals surface area (Å²) >= 11 is 0. The summed E-state index contributed by atoms with van der Waals surface area (Å²) in [5, 5.41) is 2.51. The maximum Gasteiger partial charge on any atom is 0.166 e. The molecule has 1 atom stereocenters. The molecule has 2 aromatic rings. The van der Waals surface area contributed by atoms with E-state index in [4.69, 9.17) is 4.74 Å². The molecule has 1 aliphatic carbocycles. The lowest BCUT2D eigenvalue weighted by molar-refractivity contribution is -0.124. The van der Waals surface area contributed by atoms with Gasteiger partial charge in [0.2, 0.25) is 0 Å². The van der Waals surface area contributed by atoms with Crippen molar-refractivity contribution in [2.24, 2.45) is 0 Å². The van der Waals surface area contributed by atoms with Crippen molar-refractivity contribution in [3.63, 3.8) is 0 Å². The molecule has 2 nitrogen and oxygen atoms in total. The second-order valence-electron chi connectivity index (χ2n) is 4.72. The van der Waals surface area contributed by atoms with E-state index in [0.717, 1.165) is 6.42 Å². The van der Waals surface area contributed by atoms with Crippen molar-refractivity contribution in [1.82, 2.24) is 0 Å². The summed E-state index contributed by atoms with van der Waals surface area (Å²) < 4.78 is 5.25. The SMILES string of the molecule is CCOCC(=O)C1Cc2cccc3cccc1c23. The van der Waals surface area contributed by atoms with Gasteiger partial charge in [0.25, 0.3) is 0 Å². The van der Waals surface area contributed by atoms with Crippen molar-refractivity contribution < 1.29 is 9.53 Å². The molecule has 2 heteroatoms. The van der Waals surface area contributed by atoms with Gasteiger partial charge in [-0.2, -0.15) is 0 Å². The van der Waals surface area contributed by atoms with E-state index < -0.39 is 0 Å². The minimum atomic E-state index is -0.0161. The maximum absolute atomic E-state index is 12.2. The molecule has 0 aromatic heterocycles. The number of carbonyl (C=O) groups is 1. The van der Waals surface area contributed by atoms with Crippen molar-refractivity contribution >= 4 is 16.6 Å². The average molecular weight is 240 g/mol. The fourth-order valence-corrected chi connectivity index (χ4v) is 2.83. The molecule has 0 saturated carbocycles. The highest BCUT2D eigenvalue weighted by molar-refractivity contribution is 5.99. The van der Waals surface area contributed by atoms with Crippen molar-refractivity contribution in [2.45, 2.75) is 19.3 Å². The Balaban J connectivity index is 2.00. The summed E-state index contributed by atoms with van der Waals surface area (Å²) in [5.41, 5.74) is 2.46. The van der Waals surface area contributed by atoms with Crippen LogP contribution in [0.4, 0.5) is 0 Å². The van der Waals surface area contributed by atoms with Crippen LogP contribution in [0.15, 0.2) is 36.4 Å². The van der Waals surface area contributed by atoms with Crippen LogP contribution in [0.1, 0.15) is 24.0 Å². The summed E-state index contributed by atoms with van der Waals surface area (Å²) in [7, 11) is 0. The first kappa shape index (κ1) is 11.4. The van der Waals surface area contributed by atoms with E-state index in [9.17, 15) is 4.79 Å². The Morgan fingerprint density at radius 2 is 2.06 bits per heavy atom. The van der Waals surface area contributed by atoms with E-state index in [1.54, 1.807) is 0 Å². The van der Waals surface area contributed by atoms with Gasteiger partial charge in [0, 0.05) is 12.5 Å². The van der Waals surface area contributed by atoms with Crippen LogP contribution in [0.5, 0.6) is 0 Å². The van der Waals surface area contributed by atoms with Gasteiger partial charge in [-0.25, -0.2) is 0 Å². The zero-order chi connectivity index (χ0) is 12.5. The third kappa shape index (κ3) is 1.73. The number of Topliss-reactive ketones (excluding diaryl/α,β-unsaturated/α-hetero) is 1. The van der Waals surface area contributed by atoms with Crippen LogP contribution >= 0.6 is 0 Å². The highest BCUT2D eigenvalue weighted by Gasteiger charge is 2.29. The van der Waals surface area contributed by atoms with Gasteiger partial charge in [0.05, 0.1) is 0 Å². The Hall–Kier alpha value is -1.67. The second-order valence-corrected chi connectivity index (χ2v) is 4.72. The molecule has 0 heterocycles. The molecule has 0 aliphatic heterocycles. The van der Waals surface area contributed by atoms with E-state index in [1.807, 2.05) is 13.0 Å². The van der Waals surface area contributed by atoms with Gasteiger partial charge in [0.1, 0.15) is 6.61 Å². The summed E-state index contributed by atoms with van der Waals surface area (Å²) in [6.07, 6.45) is 0.822. The van der Waals surface area contributed by atoms with Gasteiger partial charge in [-0.05, 0) is 35.2 Å². The number of ketones is 1. The lowest BCUT2D eigenvalue weighted by Gasteiger charge is -2.10. The third-order valence-electron chi connectivity index (χ3n) is 3.66. The van der Waals surface area contributed by atoms with Crippen molar-refractivity contribution in [3.05, 3.63) is 47.5 Å². The smallest absolute Gasteiger partial charge is 0.166 e. The van der Waals surface area contributed by atoms with Crippen LogP contribution < -0.4 is 0 Å². The number of benzene rings is 2. The summed E-state index contributed by atoms with van der Waals surface area (Å²) in [6.45, 7) is 2.73. The summed E-state index contributed by atoms with van der Waals surface area (Å²) in [4.78, 5) is 12.2. The van der Waals surface area contributed by atoms with Crippen LogP contribution in [0.3, 0.4) is 0 Å². The zero-order valence-corrected chi connectivity index (χ0v) is 10.5. The zero-order valence-electron chi connectivity index (χ0n) is 10.5. The Morgan fingerprint density at radius 1 is 1.28 bits per heavy atom. The fraction of sp³-hybridized carbons (Fsp3) is 0.312. The normalized spacial score (nSPS) is 17.3. The van der Waals surface area contributed by atoms with Crippen LogP contribution in [0, 0.1) is 0 Å². The van der Waals surface area contributed by atoms with Gasteiger partial charge in [-0.3, -0.25) is 4.79 Å². The fourth-order valence-electron chi connectivity index (χ4n) is 2.83. The van der Waals surface area contributed by atoms with Crippen LogP contribution in [-0.2, 0) is 16.0 Å². The molecule has 0 bridgehead atoms. The highest BCUT2D eigenvalue weighted by atomic mass is 16.5. The molecule has 1 aliphatic rings. The lowest BCUT2D eigenvalue weighted by atomic mass is 9.96. The van der Waals surface area contributed by atoms with Gasteiger partial charge >= 0.3 is 0 Å². The first-order chi connectivity index (χ1) is 8.81. The van der Waals surface area contributed by atoms with E-state index >= 15 is 0 Å². The minimum absolute atomic E-state index is 0.0161. The molecule has 0 saturated heterocycles. The Kier molecular flexibility index (Phi) is 2.88. The predicted molar refractivity (Wildman–Crippen MR) is 71.9 cm³/mol. The Labute approximate surface area is 107 Å². The number of hydrogen-bond acceptors (Lipinski definition) is 2. The average Bonchev–Trinajstić information content (AvgIpc) is 2.78. The quantitative estimate of drug-likeness (QED) is 0.821. The predicted octanol–water partition coefficient (Wildman–Crippen LogP) is 3.09. The largest absolute Gasteiger partial charge is 0.374 e. The van der Waals surface area contributed by atoms with Crippen LogP contribution in [0.2, 0.25) is 0 Å². The van der Waals surface area contributed by atoms with E-state index in [0.29, 0.717) is 6.61 Å². The molecule has 0 fully saturated rings. The second kappa shape index (κ2) is 4.54. The first-order valence-corrected chi connectivity index (χ1v) is 6.42. The molecular weight excluding hydrogens is 224 g/mol. The van der Waals surface area contributed by atoms with Gasteiger partial charge in [-0.15, -0.1) is 0 Å². The molecule has 18 heavy (non-hydrogen) atoms. The highest BCUT2D eigenvalue weighted by Crippen LogP contribution is 2.38. The van der Waals surface area contributed by atoms with E-state index in [2.05, 4.69) is 30.3 Å². The Morgan fingerprint density at radius 3 is 2.83 bits per heavy atom. The summed E-state index contributed by atoms with van der Waals surface area (Å²) in [5.74, 6) is 0.179. The van der Waals surface area contributed by atoms with E-state index in [-0.39, 0.29) is 18.3 Å². The Bertz CT molecular complexity index is 596. The monoisotopic (exact) mass is 240 g/mol. The minimum Gasteiger partial charge on any atom is -0.374 e. The van der Waals surface area contributed by atoms with Gasteiger partial charge in [0.15, 0.2) is 5.78 Å². The number of ether oxygens (including phenoxy) is 1. The number of rotatable bonds is 4. The lowest BCUT2D eigenvalue weighted by Crippen LogP contribution is -2.17. The van der Waals surface area contributed by atoms with E-state index in [1.165, 1.54) is 21.9 Å². The topological polar surface area (TPSA) is 26.3 Å². The third-order valence-corrected chi connectivity index (χ3v) is 3.66. The molecule has 1 unspecified atom stereocenters. The maximum atomic E-state index is 12.2. The molecule has 0 spiro atoms. The van der Waals surface area contributed by atoms with Crippen LogP contribution in [0.25, 0.3) is 10.8 Å². The van der Waals surface area contributed by atoms with Crippen LogP contribution in [-0.4, -0.2) is 19.0 Å². The van der Waals surface area contributed by atoms with Gasteiger partial charge in [-0.1, -0.05) is 36.4 Å². The van der Waals surface area contributed by atoms with Crippen molar-refractivity contribution in [1.29, 1.82) is 0 Å². The molecule has 0 N–H and O–H groups in total. The molecular formula is C16H16O2. The van der Waals surface area contributed by atoms with Gasteiger partial charge < -0.3 is 4.74 Å².